The summed E-state index contributed by atoms with van der Waals surface area (Å²) in [7, 11) is 10.8. The Morgan fingerprint density at radius 1 is 0.473 bits per heavy atom. The number of fused-ring (bicyclic) bond motifs is 3. The van der Waals surface area contributed by atoms with Gasteiger partial charge in [-0.2, -0.15) is 54.5 Å². The van der Waals surface area contributed by atoms with E-state index >= 15 is 0 Å². The topological polar surface area (TPSA) is 311 Å². The smallest absolute Gasteiger partial charge is 0.423 e. The van der Waals surface area contributed by atoms with E-state index in [0.717, 1.165) is 32.5 Å². The van der Waals surface area contributed by atoms with Gasteiger partial charge in [-0.15, -0.1) is 0 Å². The normalized spacial score (nSPS) is 14.1. The summed E-state index contributed by atoms with van der Waals surface area (Å²) in [5.74, 6) is -4.44. The first-order chi connectivity index (χ1) is 53.2. The molecule has 6 N–H and O–H groups in total. The van der Waals surface area contributed by atoms with Crippen molar-refractivity contribution in [2.45, 2.75) is 70.9 Å². The van der Waals surface area contributed by atoms with Gasteiger partial charge >= 0.3 is 18.5 Å². The van der Waals surface area contributed by atoms with E-state index in [1.54, 1.807) is 115 Å². The first-order valence-corrected chi connectivity index (χ1v) is 34.4. The fraction of sp³-hybridized carbons (Fsp3) is 0.289. The number of hydrogen-bond acceptors (Lipinski definition) is 21. The number of alkyl halides is 9. The molecule has 0 atom stereocenters. The molecule has 27 nitrogen and oxygen atoms in total. The van der Waals surface area contributed by atoms with E-state index in [1.807, 2.05) is 0 Å². The molecular weight excluding hydrogens is 1480 g/mol. The van der Waals surface area contributed by atoms with Crippen molar-refractivity contribution in [3.05, 3.63) is 206 Å². The van der Waals surface area contributed by atoms with Crippen LogP contribution in [0.4, 0.5) is 74.4 Å². The van der Waals surface area contributed by atoms with Gasteiger partial charge in [0.1, 0.15) is 39.7 Å². The molecule has 0 bridgehead atoms. The number of carbonyl (C=O) groups is 6. The van der Waals surface area contributed by atoms with E-state index in [4.69, 9.17) is 23.7 Å². The zero-order valence-corrected chi connectivity index (χ0v) is 61.4. The van der Waals surface area contributed by atoms with Crippen LogP contribution >= 0.6 is 0 Å². The molecule has 0 saturated carbocycles. The number of methoxy groups -OCH3 is 2. The maximum absolute atomic E-state index is 13.8. The Bertz CT molecular complexity index is 5100. The Morgan fingerprint density at radius 2 is 0.821 bits per heavy atom. The summed E-state index contributed by atoms with van der Waals surface area (Å²) >= 11 is 0. The van der Waals surface area contributed by atoms with Gasteiger partial charge in [-0.3, -0.25) is 28.8 Å². The van der Waals surface area contributed by atoms with Gasteiger partial charge in [-0.1, -0.05) is 36.4 Å². The lowest BCUT2D eigenvalue weighted by molar-refractivity contribution is -0.140. The monoisotopic (exact) mass is 1560 g/mol. The van der Waals surface area contributed by atoms with E-state index < -0.39 is 52.9 Å². The highest BCUT2D eigenvalue weighted by Gasteiger charge is 2.41. The number of anilines is 6. The van der Waals surface area contributed by atoms with Crippen molar-refractivity contribution >= 4 is 70.4 Å². The summed E-state index contributed by atoms with van der Waals surface area (Å²) in [5.41, 5.74) is 2.81. The molecule has 4 aliphatic rings. The molecule has 0 aliphatic carbocycles. The molecule has 0 radical (unpaired) electrons. The van der Waals surface area contributed by atoms with E-state index in [1.165, 1.54) is 72.3 Å². The average molecular weight is 1560 g/mol. The summed E-state index contributed by atoms with van der Waals surface area (Å²) < 4.78 is 151. The van der Waals surface area contributed by atoms with Crippen LogP contribution in [-0.2, 0) is 42.9 Å². The molecule has 112 heavy (non-hydrogen) atoms. The molecule has 7 heterocycles. The van der Waals surface area contributed by atoms with E-state index in [-0.39, 0.29) is 99.0 Å². The van der Waals surface area contributed by atoms with Crippen LogP contribution in [0, 0.1) is 13.8 Å². The standard InChI is InChI=1S/C30H33F3N6O4.C23H20F3N5O4.C23H20F3N5O3/c1-18-15-19(26(40)35-21-9-11-39(12-10-21)13-14-42-3)7-8-23(18)36-29-34-16-22(30(31,32)33)27(37-29)43-24-6-4-5-20-17-38(2)28(41)25(20)24;1-27-19(32)12-7-8-15(17(9-12)34-3)29-22-28-10-14(23(24,25)26)20(30-22)35-16-6-4-5-13-11-31(2)21(33)18(13)16;1-12-9-13(19(32)27-2)7-8-16(12)29-22-28-10-15(23(24,25)26)20(30-22)34-17-6-4-5-14-11-31(3)21(33)18(14)17/h4-8,15-16,21H,9-14,17H2,1-3H3,(H,35,40)(H,34,36,37);4-10H,11H2,1-3H3,(H,27,32)(H,28,29,30);4-10H,11H2,1-3H3,(H,27,32)(H,28,29,30). The average Bonchev–Trinajstić information content (AvgIpc) is 1.54. The minimum Gasteiger partial charge on any atom is -0.495 e. The molecule has 6 amide bonds. The van der Waals surface area contributed by atoms with Crippen LogP contribution in [0.2, 0.25) is 0 Å². The second kappa shape index (κ2) is 33.6. The minimum absolute atomic E-state index is 0.0193. The van der Waals surface area contributed by atoms with Crippen LogP contribution in [0.5, 0.6) is 40.6 Å². The Labute approximate surface area is 634 Å². The molecule has 3 aromatic heterocycles. The summed E-state index contributed by atoms with van der Waals surface area (Å²) in [6.07, 6.45) is -10.8. The second-order valence-electron chi connectivity index (χ2n) is 26.0. The predicted octanol–water partition coefficient (Wildman–Crippen LogP) is 13.0. The molecule has 0 unspecified atom stereocenters. The van der Waals surface area contributed by atoms with Crippen LogP contribution in [0.3, 0.4) is 0 Å². The van der Waals surface area contributed by atoms with Gasteiger partial charge in [0.05, 0.1) is 36.1 Å². The lowest BCUT2D eigenvalue weighted by Crippen LogP contribution is -2.45. The van der Waals surface area contributed by atoms with Gasteiger partial charge in [0.15, 0.2) is 0 Å². The van der Waals surface area contributed by atoms with Gasteiger partial charge in [-0.05, 0) is 127 Å². The number of piperidine rings is 1. The van der Waals surface area contributed by atoms with Crippen LogP contribution in [-0.4, -0.2) is 167 Å². The summed E-state index contributed by atoms with van der Waals surface area (Å²) in [6.45, 7) is 7.79. The predicted molar refractivity (Wildman–Crippen MR) is 389 cm³/mol. The molecule has 586 valence electrons. The van der Waals surface area contributed by atoms with Crippen molar-refractivity contribution in [2.24, 2.45) is 0 Å². The molecule has 1 fully saturated rings. The van der Waals surface area contributed by atoms with Crippen molar-refractivity contribution in [3.8, 4) is 40.6 Å². The van der Waals surface area contributed by atoms with E-state index in [2.05, 4.69) is 66.7 Å². The highest BCUT2D eigenvalue weighted by Crippen LogP contribution is 2.44. The van der Waals surface area contributed by atoms with Crippen molar-refractivity contribution in [1.82, 2.24) is 65.5 Å². The lowest BCUT2D eigenvalue weighted by atomic mass is 10.0. The second-order valence-corrected chi connectivity index (χ2v) is 26.0. The number of likely N-dealkylation sites (tertiary alicyclic amines) is 1. The molecular formula is C76H73F9N16O11. The van der Waals surface area contributed by atoms with Crippen LogP contribution in [0.15, 0.2) is 128 Å². The number of aromatic nitrogens is 6. The van der Waals surface area contributed by atoms with E-state index in [9.17, 15) is 68.3 Å². The highest BCUT2D eigenvalue weighted by molar-refractivity contribution is 6.03. The van der Waals surface area contributed by atoms with Crippen LogP contribution in [0.25, 0.3) is 0 Å². The molecule has 13 rings (SSSR count). The quantitative estimate of drug-likeness (QED) is 0.0386. The third kappa shape index (κ3) is 18.4. The fourth-order valence-corrected chi connectivity index (χ4v) is 12.3. The maximum Gasteiger partial charge on any atom is 0.423 e. The summed E-state index contributed by atoms with van der Waals surface area (Å²) in [4.78, 5) is 104. The van der Waals surface area contributed by atoms with Gasteiger partial charge in [0.2, 0.25) is 35.5 Å². The first-order valence-electron chi connectivity index (χ1n) is 34.4. The van der Waals surface area contributed by atoms with Gasteiger partial charge in [-0.25, -0.2) is 15.0 Å². The molecule has 36 heteroatoms. The van der Waals surface area contributed by atoms with Crippen molar-refractivity contribution < 1.29 is 92.0 Å². The number of aryl methyl sites for hydroxylation is 2. The number of carbonyl (C=O) groups excluding carboxylic acids is 6. The van der Waals surface area contributed by atoms with Crippen LogP contribution < -0.4 is 50.8 Å². The van der Waals surface area contributed by atoms with E-state index in [0.29, 0.717) is 106 Å². The van der Waals surface area contributed by atoms with Gasteiger partial charge in [0, 0.05) is 134 Å². The number of nitrogens with one attached hydrogen (secondary N) is 6. The Balaban J connectivity index is 0.000000168. The Hall–Kier alpha value is -12.7. The van der Waals surface area contributed by atoms with Gasteiger partial charge in [0.25, 0.3) is 35.4 Å². The highest BCUT2D eigenvalue weighted by atomic mass is 19.4. The SMILES string of the molecule is CNC(=O)c1ccc(Nc2ncc(C(F)(F)F)c(Oc3cccc4c3C(=O)N(C)C4)n2)c(C)c1.CNC(=O)c1ccc(Nc2ncc(C(F)(F)F)c(Oc3cccc4c3C(=O)N(C)C4)n2)c(OC)c1.COCCN1CCC(NC(=O)c2ccc(Nc3ncc(C(F)(F)F)c(Oc4cccc5c4C(=O)N(C)C5)n3)c(C)c2)CC1. The fourth-order valence-electron chi connectivity index (χ4n) is 12.3. The largest absolute Gasteiger partial charge is 0.495 e. The molecule has 9 aromatic rings. The number of hydrogen-bond donors (Lipinski definition) is 6. The minimum atomic E-state index is -4.81. The zero-order chi connectivity index (χ0) is 80.7. The van der Waals surface area contributed by atoms with Crippen molar-refractivity contribution in [2.75, 3.05) is 91.6 Å². The summed E-state index contributed by atoms with van der Waals surface area (Å²) in [5, 5.41) is 16.6. The zero-order valence-electron chi connectivity index (χ0n) is 61.4. The molecule has 1 saturated heterocycles. The summed E-state index contributed by atoms with van der Waals surface area (Å²) in [6, 6.07) is 28.5. The molecule has 4 aliphatic heterocycles. The third-order valence-corrected chi connectivity index (χ3v) is 18.2. The molecule has 0 spiro atoms. The first kappa shape index (κ1) is 80.3. The van der Waals surface area contributed by atoms with Crippen LogP contribution in [0.1, 0.15) is 119 Å². The third-order valence-electron chi connectivity index (χ3n) is 18.2. The number of ether oxygens (including phenoxy) is 5. The maximum atomic E-state index is 13.8. The molecule has 6 aromatic carbocycles. The number of benzene rings is 6. The number of rotatable bonds is 20. The number of nitrogens with zero attached hydrogens (tertiary/aromatic N) is 10. The number of amides is 6. The lowest BCUT2D eigenvalue weighted by Gasteiger charge is -2.32. The van der Waals surface area contributed by atoms with Crippen molar-refractivity contribution in [1.29, 1.82) is 0 Å². The van der Waals surface area contributed by atoms with Crippen molar-refractivity contribution in [3.63, 3.8) is 0 Å². The van der Waals surface area contributed by atoms with Gasteiger partial charge < -0.3 is 75.2 Å². The Morgan fingerprint density at radius 3 is 1.16 bits per heavy atom. The Kier molecular flexibility index (Phi) is 24.1. The number of halogens is 9.